The molecule has 0 fully saturated rings. The second-order valence-electron chi connectivity index (χ2n) is 3.92. The Labute approximate surface area is 120 Å². The number of nitrogens with zero attached hydrogens (tertiary/aromatic N) is 1. The Morgan fingerprint density at radius 3 is 2.83 bits per heavy atom. The molecule has 100 valence electrons. The van der Waals surface area contributed by atoms with Crippen molar-refractivity contribution < 1.29 is 14.6 Å². The SMILES string of the molecule is COCC(O)CN(C)C(=O)c1ccc(Br)c(Cl)c1. The van der Waals surface area contributed by atoms with Crippen LogP contribution in [0.5, 0.6) is 0 Å². The zero-order valence-corrected chi connectivity index (χ0v) is 12.5. The van der Waals surface area contributed by atoms with E-state index in [2.05, 4.69) is 15.9 Å². The van der Waals surface area contributed by atoms with Crippen molar-refractivity contribution in [1.82, 2.24) is 4.90 Å². The first-order valence-electron chi connectivity index (χ1n) is 5.33. The van der Waals surface area contributed by atoms with Crippen LogP contribution in [-0.4, -0.2) is 49.3 Å². The quantitative estimate of drug-likeness (QED) is 0.896. The largest absolute Gasteiger partial charge is 0.389 e. The highest BCUT2D eigenvalue weighted by Crippen LogP contribution is 2.23. The van der Waals surface area contributed by atoms with Gasteiger partial charge in [0.05, 0.1) is 17.7 Å². The molecule has 0 spiro atoms. The highest BCUT2D eigenvalue weighted by atomic mass is 79.9. The highest BCUT2D eigenvalue weighted by Gasteiger charge is 2.16. The predicted octanol–water partition coefficient (Wildman–Crippen LogP) is 2.18. The third-order valence-electron chi connectivity index (χ3n) is 2.36. The summed E-state index contributed by atoms with van der Waals surface area (Å²) >= 11 is 9.19. The van der Waals surface area contributed by atoms with Gasteiger partial charge in [0.1, 0.15) is 0 Å². The molecule has 1 unspecified atom stereocenters. The molecule has 0 bridgehead atoms. The Morgan fingerprint density at radius 1 is 1.61 bits per heavy atom. The second kappa shape index (κ2) is 7.09. The second-order valence-corrected chi connectivity index (χ2v) is 5.19. The molecule has 0 aliphatic rings. The van der Waals surface area contributed by atoms with Crippen LogP contribution in [0.4, 0.5) is 0 Å². The van der Waals surface area contributed by atoms with Crippen LogP contribution in [0, 0.1) is 0 Å². The van der Waals surface area contributed by atoms with E-state index in [1.807, 2.05) is 0 Å². The van der Waals surface area contributed by atoms with E-state index in [1.54, 1.807) is 25.2 Å². The van der Waals surface area contributed by atoms with E-state index in [0.717, 1.165) is 4.47 Å². The third-order valence-corrected chi connectivity index (χ3v) is 3.59. The van der Waals surface area contributed by atoms with E-state index in [1.165, 1.54) is 12.0 Å². The number of rotatable bonds is 5. The smallest absolute Gasteiger partial charge is 0.253 e. The average molecular weight is 337 g/mol. The van der Waals surface area contributed by atoms with Gasteiger partial charge in [-0.3, -0.25) is 4.79 Å². The lowest BCUT2D eigenvalue weighted by Gasteiger charge is -2.20. The molecular weight excluding hydrogens is 321 g/mol. The molecule has 1 atom stereocenters. The van der Waals surface area contributed by atoms with Crippen molar-refractivity contribution in [1.29, 1.82) is 0 Å². The van der Waals surface area contributed by atoms with Gasteiger partial charge in [0, 0.05) is 30.7 Å². The van der Waals surface area contributed by atoms with E-state index in [4.69, 9.17) is 16.3 Å². The Hall–Kier alpha value is -0.620. The molecule has 0 aromatic heterocycles. The number of methoxy groups -OCH3 is 1. The van der Waals surface area contributed by atoms with E-state index in [9.17, 15) is 9.90 Å². The summed E-state index contributed by atoms with van der Waals surface area (Å²) in [5, 5.41) is 10.0. The zero-order chi connectivity index (χ0) is 13.7. The first kappa shape index (κ1) is 15.4. The Kier molecular flexibility index (Phi) is 6.08. The number of aliphatic hydroxyl groups is 1. The van der Waals surface area contributed by atoms with Gasteiger partial charge in [0.25, 0.3) is 5.91 Å². The minimum Gasteiger partial charge on any atom is -0.389 e. The van der Waals surface area contributed by atoms with Gasteiger partial charge < -0.3 is 14.7 Å². The first-order valence-corrected chi connectivity index (χ1v) is 6.50. The van der Waals surface area contributed by atoms with Crippen LogP contribution < -0.4 is 0 Å². The minimum absolute atomic E-state index is 0.193. The van der Waals surface area contributed by atoms with Crippen molar-refractivity contribution in [3.63, 3.8) is 0 Å². The fraction of sp³-hybridized carbons (Fsp3) is 0.417. The summed E-state index contributed by atoms with van der Waals surface area (Å²) in [4.78, 5) is 13.5. The maximum absolute atomic E-state index is 12.0. The van der Waals surface area contributed by atoms with Crippen LogP contribution in [0.25, 0.3) is 0 Å². The Bertz CT molecular complexity index is 428. The lowest BCUT2D eigenvalue weighted by atomic mass is 10.2. The summed E-state index contributed by atoms with van der Waals surface area (Å²) in [6.45, 7) is 0.402. The summed E-state index contributed by atoms with van der Waals surface area (Å²) < 4.78 is 5.55. The predicted molar refractivity (Wildman–Crippen MR) is 74.0 cm³/mol. The molecule has 1 rings (SSSR count). The number of hydrogen-bond donors (Lipinski definition) is 1. The normalized spacial score (nSPS) is 12.3. The van der Waals surface area contributed by atoms with E-state index in [0.29, 0.717) is 10.6 Å². The molecule has 1 N–H and O–H groups in total. The lowest BCUT2D eigenvalue weighted by molar-refractivity contribution is 0.0380. The number of halogens is 2. The number of hydrogen-bond acceptors (Lipinski definition) is 3. The average Bonchev–Trinajstić information content (AvgIpc) is 2.32. The van der Waals surface area contributed by atoms with Crippen molar-refractivity contribution in [2.45, 2.75) is 6.10 Å². The molecule has 0 saturated heterocycles. The topological polar surface area (TPSA) is 49.8 Å². The first-order chi connectivity index (χ1) is 8.45. The summed E-state index contributed by atoms with van der Waals surface area (Å²) in [6.07, 6.45) is -0.699. The highest BCUT2D eigenvalue weighted by molar-refractivity contribution is 9.10. The van der Waals surface area contributed by atoms with Gasteiger partial charge in [-0.05, 0) is 34.1 Å². The number of carbonyl (C=O) groups excluding carboxylic acids is 1. The number of amides is 1. The monoisotopic (exact) mass is 335 g/mol. The maximum Gasteiger partial charge on any atom is 0.253 e. The van der Waals surface area contributed by atoms with E-state index >= 15 is 0 Å². The van der Waals surface area contributed by atoms with Crippen LogP contribution in [0.2, 0.25) is 5.02 Å². The van der Waals surface area contributed by atoms with E-state index < -0.39 is 6.10 Å². The number of benzene rings is 1. The van der Waals surface area contributed by atoms with E-state index in [-0.39, 0.29) is 19.1 Å². The fourth-order valence-corrected chi connectivity index (χ4v) is 1.92. The Morgan fingerprint density at radius 2 is 2.28 bits per heavy atom. The number of carbonyl (C=O) groups is 1. The standard InChI is InChI=1S/C12H15BrClNO3/c1-15(6-9(16)7-18-2)12(17)8-3-4-10(13)11(14)5-8/h3-5,9,16H,6-7H2,1-2H3. The van der Waals surface area contributed by atoms with Crippen LogP contribution in [0.3, 0.4) is 0 Å². The molecule has 6 heteroatoms. The van der Waals surface area contributed by atoms with Gasteiger partial charge in [-0.25, -0.2) is 0 Å². The fourth-order valence-electron chi connectivity index (χ4n) is 1.49. The minimum atomic E-state index is -0.699. The summed E-state index contributed by atoms with van der Waals surface area (Å²) in [5.41, 5.74) is 0.482. The molecule has 0 saturated carbocycles. The van der Waals surface area contributed by atoms with Crippen LogP contribution in [0.15, 0.2) is 22.7 Å². The van der Waals surface area contributed by atoms with Crippen molar-refractivity contribution in [3.05, 3.63) is 33.3 Å². The molecule has 1 aromatic rings. The summed E-state index contributed by atoms with van der Waals surface area (Å²) in [5.74, 6) is -0.195. The van der Waals surface area contributed by atoms with Crippen LogP contribution in [0.1, 0.15) is 10.4 Å². The van der Waals surface area contributed by atoms with Crippen molar-refractivity contribution >= 4 is 33.4 Å². The zero-order valence-electron chi connectivity index (χ0n) is 10.2. The molecule has 0 aliphatic heterocycles. The molecule has 1 aromatic carbocycles. The van der Waals surface area contributed by atoms with Gasteiger partial charge in [-0.2, -0.15) is 0 Å². The molecular formula is C12H15BrClNO3. The van der Waals surface area contributed by atoms with Gasteiger partial charge >= 0.3 is 0 Å². The van der Waals surface area contributed by atoms with Crippen molar-refractivity contribution in [3.8, 4) is 0 Å². The lowest BCUT2D eigenvalue weighted by Crippen LogP contribution is -2.36. The van der Waals surface area contributed by atoms with Gasteiger partial charge in [0.15, 0.2) is 0 Å². The van der Waals surface area contributed by atoms with Gasteiger partial charge in [0.2, 0.25) is 0 Å². The molecule has 0 aliphatic carbocycles. The molecule has 4 nitrogen and oxygen atoms in total. The summed E-state index contributed by atoms with van der Waals surface area (Å²) in [6, 6.07) is 4.99. The molecule has 0 heterocycles. The summed E-state index contributed by atoms with van der Waals surface area (Å²) in [7, 11) is 3.12. The molecule has 1 amide bonds. The van der Waals surface area contributed by atoms with Crippen LogP contribution >= 0.6 is 27.5 Å². The number of likely N-dealkylation sites (N-methyl/N-ethyl adjacent to an activating group) is 1. The maximum atomic E-state index is 12.0. The van der Waals surface area contributed by atoms with Gasteiger partial charge in [-0.15, -0.1) is 0 Å². The number of aliphatic hydroxyl groups excluding tert-OH is 1. The van der Waals surface area contributed by atoms with Crippen LogP contribution in [-0.2, 0) is 4.74 Å². The number of ether oxygens (including phenoxy) is 1. The molecule has 0 radical (unpaired) electrons. The molecule has 18 heavy (non-hydrogen) atoms. The van der Waals surface area contributed by atoms with Crippen molar-refractivity contribution in [2.24, 2.45) is 0 Å². The van der Waals surface area contributed by atoms with Crippen molar-refractivity contribution in [2.75, 3.05) is 27.3 Å². The Balaban J connectivity index is 2.71. The van der Waals surface area contributed by atoms with Gasteiger partial charge in [-0.1, -0.05) is 11.6 Å². The third kappa shape index (κ3) is 4.24.